The molecule has 2 saturated carbocycles. The van der Waals surface area contributed by atoms with Gasteiger partial charge in [-0.25, -0.2) is 0 Å². The summed E-state index contributed by atoms with van der Waals surface area (Å²) in [5.74, 6) is 1.95. The van der Waals surface area contributed by atoms with E-state index in [9.17, 15) is 4.79 Å². The van der Waals surface area contributed by atoms with Gasteiger partial charge in [0.15, 0.2) is 0 Å². The van der Waals surface area contributed by atoms with Crippen LogP contribution in [0.3, 0.4) is 0 Å². The SMILES string of the molecule is O=C(CC1CCC1)N1CCNCC1C1CC1. The smallest absolute Gasteiger partial charge is 0.223 e. The number of hydrogen-bond donors (Lipinski definition) is 1. The van der Waals surface area contributed by atoms with Crippen LogP contribution in [0.25, 0.3) is 0 Å². The molecule has 2 aliphatic carbocycles. The second-order valence-corrected chi connectivity index (χ2v) is 5.70. The van der Waals surface area contributed by atoms with E-state index in [0.717, 1.165) is 32.0 Å². The Labute approximate surface area is 97.6 Å². The van der Waals surface area contributed by atoms with Crippen LogP contribution in [0.1, 0.15) is 38.5 Å². The van der Waals surface area contributed by atoms with Gasteiger partial charge in [-0.2, -0.15) is 0 Å². The van der Waals surface area contributed by atoms with Crippen LogP contribution < -0.4 is 5.32 Å². The molecule has 3 fully saturated rings. The predicted molar refractivity (Wildman–Crippen MR) is 63.1 cm³/mol. The summed E-state index contributed by atoms with van der Waals surface area (Å²) in [7, 11) is 0. The standard InChI is InChI=1S/C13H22N2O/c16-13(8-10-2-1-3-10)15-7-6-14-9-12(15)11-4-5-11/h10-12,14H,1-9H2. The first kappa shape index (κ1) is 10.6. The van der Waals surface area contributed by atoms with Crippen molar-refractivity contribution in [3.05, 3.63) is 0 Å². The van der Waals surface area contributed by atoms with Crippen LogP contribution in [-0.4, -0.2) is 36.5 Å². The Bertz CT molecular complexity index is 271. The van der Waals surface area contributed by atoms with Crippen LogP contribution in [0.15, 0.2) is 0 Å². The fourth-order valence-corrected chi connectivity index (χ4v) is 3.00. The summed E-state index contributed by atoms with van der Waals surface area (Å²) in [5, 5.41) is 3.43. The van der Waals surface area contributed by atoms with Crippen LogP contribution in [0.5, 0.6) is 0 Å². The third-order valence-electron chi connectivity index (χ3n) is 4.46. The molecule has 3 heteroatoms. The molecule has 0 aromatic rings. The zero-order chi connectivity index (χ0) is 11.0. The third kappa shape index (κ3) is 2.10. The van der Waals surface area contributed by atoms with E-state index in [1.807, 2.05) is 0 Å². The van der Waals surface area contributed by atoms with E-state index in [1.165, 1.54) is 32.1 Å². The van der Waals surface area contributed by atoms with Gasteiger partial charge in [0.2, 0.25) is 5.91 Å². The second kappa shape index (κ2) is 4.36. The number of hydrogen-bond acceptors (Lipinski definition) is 2. The highest BCUT2D eigenvalue weighted by molar-refractivity contribution is 5.77. The summed E-state index contributed by atoms with van der Waals surface area (Å²) in [6.45, 7) is 2.95. The van der Waals surface area contributed by atoms with Crippen molar-refractivity contribution in [2.24, 2.45) is 11.8 Å². The van der Waals surface area contributed by atoms with E-state index in [4.69, 9.17) is 0 Å². The van der Waals surface area contributed by atoms with Gasteiger partial charge in [-0.3, -0.25) is 4.79 Å². The Morgan fingerprint density at radius 2 is 2.06 bits per heavy atom. The molecule has 1 heterocycles. The van der Waals surface area contributed by atoms with Gasteiger partial charge in [0, 0.05) is 32.1 Å². The topological polar surface area (TPSA) is 32.3 Å². The van der Waals surface area contributed by atoms with Gasteiger partial charge < -0.3 is 10.2 Å². The summed E-state index contributed by atoms with van der Waals surface area (Å²) in [5.41, 5.74) is 0. The van der Waals surface area contributed by atoms with Gasteiger partial charge in [0.1, 0.15) is 0 Å². The zero-order valence-electron chi connectivity index (χ0n) is 9.95. The lowest BCUT2D eigenvalue weighted by atomic mass is 9.82. The predicted octanol–water partition coefficient (Wildman–Crippen LogP) is 1.39. The van der Waals surface area contributed by atoms with E-state index in [2.05, 4.69) is 10.2 Å². The first-order valence-electron chi connectivity index (χ1n) is 6.85. The quantitative estimate of drug-likeness (QED) is 0.782. The highest BCUT2D eigenvalue weighted by atomic mass is 16.2. The van der Waals surface area contributed by atoms with Crippen molar-refractivity contribution in [2.75, 3.05) is 19.6 Å². The van der Waals surface area contributed by atoms with Crippen LogP contribution in [0, 0.1) is 11.8 Å². The van der Waals surface area contributed by atoms with E-state index in [0.29, 0.717) is 17.9 Å². The Morgan fingerprint density at radius 3 is 2.69 bits per heavy atom. The Kier molecular flexibility index (Phi) is 2.88. The van der Waals surface area contributed by atoms with Gasteiger partial charge in [-0.15, -0.1) is 0 Å². The third-order valence-corrected chi connectivity index (χ3v) is 4.46. The average molecular weight is 222 g/mol. The van der Waals surface area contributed by atoms with Gasteiger partial charge in [0.05, 0.1) is 0 Å². The van der Waals surface area contributed by atoms with E-state index < -0.39 is 0 Å². The minimum atomic E-state index is 0.433. The van der Waals surface area contributed by atoms with Crippen LogP contribution in [0.2, 0.25) is 0 Å². The minimum absolute atomic E-state index is 0.433. The normalized spacial score (nSPS) is 31.2. The number of rotatable bonds is 3. The van der Waals surface area contributed by atoms with E-state index in [-0.39, 0.29) is 0 Å². The Morgan fingerprint density at radius 1 is 1.25 bits per heavy atom. The maximum atomic E-state index is 12.2. The molecule has 0 aromatic heterocycles. The van der Waals surface area contributed by atoms with Gasteiger partial charge >= 0.3 is 0 Å². The summed E-state index contributed by atoms with van der Waals surface area (Å²) < 4.78 is 0. The number of piperazine rings is 1. The fourth-order valence-electron chi connectivity index (χ4n) is 3.00. The van der Waals surface area contributed by atoms with Gasteiger partial charge in [0.25, 0.3) is 0 Å². The first-order valence-corrected chi connectivity index (χ1v) is 6.85. The van der Waals surface area contributed by atoms with Crippen LogP contribution in [0.4, 0.5) is 0 Å². The van der Waals surface area contributed by atoms with Crippen LogP contribution in [-0.2, 0) is 4.79 Å². The number of carbonyl (C=O) groups is 1. The maximum absolute atomic E-state index is 12.2. The molecule has 16 heavy (non-hydrogen) atoms. The van der Waals surface area contributed by atoms with Gasteiger partial charge in [-0.05, 0) is 37.5 Å². The van der Waals surface area contributed by atoms with Crippen molar-refractivity contribution in [3.63, 3.8) is 0 Å². The zero-order valence-corrected chi connectivity index (χ0v) is 9.95. The monoisotopic (exact) mass is 222 g/mol. The van der Waals surface area contributed by atoms with Crippen molar-refractivity contribution < 1.29 is 4.79 Å². The molecular weight excluding hydrogens is 200 g/mol. The largest absolute Gasteiger partial charge is 0.337 e. The molecule has 90 valence electrons. The molecule has 1 amide bonds. The molecule has 0 aromatic carbocycles. The molecule has 0 radical (unpaired) electrons. The van der Waals surface area contributed by atoms with E-state index in [1.54, 1.807) is 0 Å². The highest BCUT2D eigenvalue weighted by Gasteiger charge is 2.39. The number of nitrogens with one attached hydrogen (secondary N) is 1. The average Bonchev–Trinajstić information content (AvgIpc) is 3.07. The molecule has 0 bridgehead atoms. The molecule has 0 spiro atoms. The summed E-state index contributed by atoms with van der Waals surface area (Å²) >= 11 is 0. The fraction of sp³-hybridized carbons (Fsp3) is 0.923. The first-order chi connectivity index (χ1) is 7.84. The summed E-state index contributed by atoms with van der Waals surface area (Å²) in [4.78, 5) is 14.4. The lowest BCUT2D eigenvalue weighted by molar-refractivity contribution is -0.136. The molecule has 1 saturated heterocycles. The summed E-state index contributed by atoms with van der Waals surface area (Å²) in [6, 6.07) is 0.515. The molecule has 1 aliphatic heterocycles. The summed E-state index contributed by atoms with van der Waals surface area (Å²) in [6.07, 6.45) is 7.39. The van der Waals surface area contributed by atoms with Gasteiger partial charge in [-0.1, -0.05) is 6.42 Å². The van der Waals surface area contributed by atoms with Crippen LogP contribution >= 0.6 is 0 Å². The van der Waals surface area contributed by atoms with Crippen molar-refractivity contribution in [1.29, 1.82) is 0 Å². The Hall–Kier alpha value is -0.570. The van der Waals surface area contributed by atoms with E-state index >= 15 is 0 Å². The van der Waals surface area contributed by atoms with Crippen molar-refractivity contribution in [1.82, 2.24) is 10.2 Å². The van der Waals surface area contributed by atoms with Crippen molar-refractivity contribution in [3.8, 4) is 0 Å². The second-order valence-electron chi connectivity index (χ2n) is 5.70. The minimum Gasteiger partial charge on any atom is -0.337 e. The highest BCUT2D eigenvalue weighted by Crippen LogP contribution is 2.37. The number of nitrogens with zero attached hydrogens (tertiary/aromatic N) is 1. The number of carbonyl (C=O) groups excluding carboxylic acids is 1. The molecular formula is C13H22N2O. The molecule has 3 aliphatic rings. The lowest BCUT2D eigenvalue weighted by Crippen LogP contribution is -2.55. The Balaban J connectivity index is 1.58. The molecule has 1 N–H and O–H groups in total. The maximum Gasteiger partial charge on any atom is 0.223 e. The number of amides is 1. The molecule has 3 rings (SSSR count). The van der Waals surface area contributed by atoms with Crippen molar-refractivity contribution in [2.45, 2.75) is 44.6 Å². The lowest BCUT2D eigenvalue weighted by Gasteiger charge is -2.38. The van der Waals surface area contributed by atoms with Crippen molar-refractivity contribution >= 4 is 5.91 Å². The molecule has 1 unspecified atom stereocenters. The molecule has 1 atom stereocenters. The molecule has 3 nitrogen and oxygen atoms in total.